The number of aromatic nitrogens is 3. The van der Waals surface area contributed by atoms with Crippen LogP contribution in [-0.4, -0.2) is 68.1 Å². The van der Waals surface area contributed by atoms with Crippen LogP contribution in [0.25, 0.3) is 0 Å². The molecule has 3 rings (SSSR count). The third kappa shape index (κ3) is 3.37. The number of carbonyl (C=O) groups excluding carboxylic acids is 1. The van der Waals surface area contributed by atoms with Crippen LogP contribution < -0.4 is 0 Å². The van der Waals surface area contributed by atoms with E-state index in [4.69, 9.17) is 0 Å². The minimum absolute atomic E-state index is 0.0431. The van der Waals surface area contributed by atoms with Gasteiger partial charge in [-0.1, -0.05) is 12.1 Å². The molecule has 1 aromatic carbocycles. The molecular weight excluding hydrogens is 298 g/mol. The highest BCUT2D eigenvalue weighted by molar-refractivity contribution is 6.04. The standard InChI is InChI=1S/C15H17N5O3/c21-14(11-3-1-2-4-12(11)15(22)23)20-7-5-19(6-8-20)9-13-16-10-17-18-13/h1-4,10H,5-9H2,(H,22,23)(H,16,17,18). The van der Waals surface area contributed by atoms with Crippen molar-refractivity contribution < 1.29 is 14.7 Å². The molecule has 0 radical (unpaired) electrons. The van der Waals surface area contributed by atoms with Gasteiger partial charge in [0.15, 0.2) is 0 Å². The van der Waals surface area contributed by atoms with E-state index in [9.17, 15) is 14.7 Å². The zero-order chi connectivity index (χ0) is 16.2. The monoisotopic (exact) mass is 315 g/mol. The van der Waals surface area contributed by atoms with Gasteiger partial charge in [-0.25, -0.2) is 9.78 Å². The van der Waals surface area contributed by atoms with Crippen molar-refractivity contribution in [3.8, 4) is 0 Å². The number of carboxylic acid groups (broad SMARTS) is 1. The number of aromatic amines is 1. The average molecular weight is 315 g/mol. The molecular formula is C15H17N5O3. The second-order valence-corrected chi connectivity index (χ2v) is 5.35. The molecule has 0 aliphatic carbocycles. The van der Waals surface area contributed by atoms with Crippen LogP contribution in [0.4, 0.5) is 0 Å². The maximum atomic E-state index is 12.6. The van der Waals surface area contributed by atoms with Gasteiger partial charge in [-0.2, -0.15) is 5.10 Å². The number of benzene rings is 1. The molecule has 0 atom stereocenters. The zero-order valence-electron chi connectivity index (χ0n) is 12.5. The molecule has 23 heavy (non-hydrogen) atoms. The molecule has 0 spiro atoms. The van der Waals surface area contributed by atoms with Crippen LogP contribution in [0.5, 0.6) is 0 Å². The topological polar surface area (TPSA) is 102 Å². The summed E-state index contributed by atoms with van der Waals surface area (Å²) < 4.78 is 0. The normalized spacial score (nSPS) is 15.6. The van der Waals surface area contributed by atoms with Gasteiger partial charge in [-0.15, -0.1) is 0 Å². The van der Waals surface area contributed by atoms with Crippen LogP contribution in [0, 0.1) is 0 Å². The summed E-state index contributed by atoms with van der Waals surface area (Å²) in [6, 6.07) is 6.32. The molecule has 1 aliphatic rings. The van der Waals surface area contributed by atoms with Gasteiger partial charge < -0.3 is 10.0 Å². The Kier molecular flexibility index (Phi) is 4.33. The van der Waals surface area contributed by atoms with Crippen LogP contribution in [-0.2, 0) is 6.54 Å². The Morgan fingerprint density at radius 3 is 2.43 bits per heavy atom. The van der Waals surface area contributed by atoms with E-state index in [-0.39, 0.29) is 17.0 Å². The lowest BCUT2D eigenvalue weighted by atomic mass is 10.1. The summed E-state index contributed by atoms with van der Waals surface area (Å²) >= 11 is 0. The minimum atomic E-state index is -1.09. The van der Waals surface area contributed by atoms with Gasteiger partial charge in [0.25, 0.3) is 5.91 Å². The number of carbonyl (C=O) groups is 2. The second kappa shape index (κ2) is 6.57. The molecule has 0 bridgehead atoms. The molecule has 8 nitrogen and oxygen atoms in total. The fourth-order valence-corrected chi connectivity index (χ4v) is 2.65. The molecule has 2 heterocycles. The van der Waals surface area contributed by atoms with Gasteiger partial charge in [-0.05, 0) is 12.1 Å². The third-order valence-electron chi connectivity index (χ3n) is 3.89. The van der Waals surface area contributed by atoms with Crippen LogP contribution in [0.15, 0.2) is 30.6 Å². The van der Waals surface area contributed by atoms with E-state index in [0.717, 1.165) is 5.82 Å². The summed E-state index contributed by atoms with van der Waals surface area (Å²) in [6.07, 6.45) is 1.47. The van der Waals surface area contributed by atoms with E-state index < -0.39 is 5.97 Å². The number of hydrogen-bond acceptors (Lipinski definition) is 5. The van der Waals surface area contributed by atoms with Crippen molar-refractivity contribution in [2.45, 2.75) is 6.54 Å². The van der Waals surface area contributed by atoms with Crippen molar-refractivity contribution >= 4 is 11.9 Å². The number of carboxylic acids is 1. The highest BCUT2D eigenvalue weighted by Gasteiger charge is 2.25. The van der Waals surface area contributed by atoms with Gasteiger partial charge in [0, 0.05) is 26.2 Å². The number of aromatic carboxylic acids is 1. The highest BCUT2D eigenvalue weighted by Crippen LogP contribution is 2.14. The van der Waals surface area contributed by atoms with E-state index >= 15 is 0 Å². The Balaban J connectivity index is 1.63. The first-order valence-corrected chi connectivity index (χ1v) is 7.33. The molecule has 0 saturated carbocycles. The van der Waals surface area contributed by atoms with E-state index in [1.54, 1.807) is 23.1 Å². The van der Waals surface area contributed by atoms with E-state index in [1.807, 2.05) is 0 Å². The number of nitrogens with one attached hydrogen (secondary N) is 1. The van der Waals surface area contributed by atoms with E-state index in [2.05, 4.69) is 20.1 Å². The molecule has 0 unspecified atom stereocenters. The number of H-pyrrole nitrogens is 1. The van der Waals surface area contributed by atoms with E-state index in [1.165, 1.54) is 12.4 Å². The second-order valence-electron chi connectivity index (χ2n) is 5.35. The zero-order valence-corrected chi connectivity index (χ0v) is 12.5. The molecule has 1 aliphatic heterocycles. The van der Waals surface area contributed by atoms with Gasteiger partial charge in [-0.3, -0.25) is 14.8 Å². The lowest BCUT2D eigenvalue weighted by Crippen LogP contribution is -2.48. The Bertz CT molecular complexity index is 693. The predicted octanol–water partition coefficient (Wildman–Crippen LogP) is 0.461. The smallest absolute Gasteiger partial charge is 0.336 e. The number of amides is 1. The summed E-state index contributed by atoms with van der Waals surface area (Å²) in [5, 5.41) is 15.8. The quantitative estimate of drug-likeness (QED) is 0.850. The Hall–Kier alpha value is -2.74. The first-order valence-electron chi connectivity index (χ1n) is 7.33. The van der Waals surface area contributed by atoms with Crippen molar-refractivity contribution in [2.75, 3.05) is 26.2 Å². The number of piperazine rings is 1. The molecule has 1 aromatic heterocycles. The van der Waals surface area contributed by atoms with Crippen LogP contribution in [0.2, 0.25) is 0 Å². The van der Waals surface area contributed by atoms with Crippen molar-refractivity contribution in [3.05, 3.63) is 47.5 Å². The maximum absolute atomic E-state index is 12.6. The summed E-state index contributed by atoms with van der Waals surface area (Å²) in [5.41, 5.74) is 0.283. The fraction of sp³-hybridized carbons (Fsp3) is 0.333. The maximum Gasteiger partial charge on any atom is 0.336 e. The van der Waals surface area contributed by atoms with Gasteiger partial charge in [0.1, 0.15) is 12.2 Å². The molecule has 1 saturated heterocycles. The Morgan fingerprint density at radius 1 is 1.13 bits per heavy atom. The van der Waals surface area contributed by atoms with Crippen molar-refractivity contribution in [1.29, 1.82) is 0 Å². The fourth-order valence-electron chi connectivity index (χ4n) is 2.65. The van der Waals surface area contributed by atoms with Gasteiger partial charge in [0.05, 0.1) is 17.7 Å². The summed E-state index contributed by atoms with van der Waals surface area (Å²) in [4.78, 5) is 31.8. The van der Waals surface area contributed by atoms with Crippen LogP contribution >= 0.6 is 0 Å². The van der Waals surface area contributed by atoms with Crippen molar-refractivity contribution in [2.24, 2.45) is 0 Å². The largest absolute Gasteiger partial charge is 0.478 e. The molecule has 1 fully saturated rings. The predicted molar refractivity (Wildman–Crippen MR) is 81.0 cm³/mol. The lowest BCUT2D eigenvalue weighted by molar-refractivity contribution is 0.0606. The molecule has 2 aromatic rings. The van der Waals surface area contributed by atoms with Gasteiger partial charge in [0.2, 0.25) is 0 Å². The summed E-state index contributed by atoms with van der Waals surface area (Å²) in [5.74, 6) is -0.527. The number of hydrogen-bond donors (Lipinski definition) is 2. The molecule has 1 amide bonds. The number of nitrogens with zero attached hydrogens (tertiary/aromatic N) is 4. The average Bonchev–Trinajstić information content (AvgIpc) is 3.08. The minimum Gasteiger partial charge on any atom is -0.478 e. The summed E-state index contributed by atoms with van der Waals surface area (Å²) in [7, 11) is 0. The van der Waals surface area contributed by atoms with Crippen LogP contribution in [0.3, 0.4) is 0 Å². The first kappa shape index (κ1) is 15.2. The number of rotatable bonds is 4. The highest BCUT2D eigenvalue weighted by atomic mass is 16.4. The van der Waals surface area contributed by atoms with Crippen molar-refractivity contribution in [1.82, 2.24) is 25.0 Å². The first-order chi connectivity index (χ1) is 11.1. The molecule has 120 valence electrons. The lowest BCUT2D eigenvalue weighted by Gasteiger charge is -2.34. The molecule has 8 heteroatoms. The van der Waals surface area contributed by atoms with Crippen LogP contribution in [0.1, 0.15) is 26.5 Å². The van der Waals surface area contributed by atoms with Crippen molar-refractivity contribution in [3.63, 3.8) is 0 Å². The van der Waals surface area contributed by atoms with Gasteiger partial charge >= 0.3 is 5.97 Å². The molecule has 2 N–H and O–H groups in total. The third-order valence-corrected chi connectivity index (χ3v) is 3.89. The summed E-state index contributed by atoms with van der Waals surface area (Å²) in [6.45, 7) is 3.19. The Morgan fingerprint density at radius 2 is 1.83 bits per heavy atom. The Labute approximate surface area is 132 Å². The SMILES string of the molecule is O=C(O)c1ccccc1C(=O)N1CCN(Cc2ncn[nH]2)CC1. The van der Waals surface area contributed by atoms with E-state index in [0.29, 0.717) is 32.7 Å².